The molecule has 3 N–H and O–H groups in total. The van der Waals surface area contributed by atoms with E-state index in [1.165, 1.54) is 18.2 Å². The van der Waals surface area contributed by atoms with Crippen LogP contribution in [0.3, 0.4) is 0 Å². The fourth-order valence-electron chi connectivity index (χ4n) is 5.29. The molecule has 2 fully saturated rings. The Balaban J connectivity index is 1.47. The third-order valence-corrected chi connectivity index (χ3v) is 7.01. The van der Waals surface area contributed by atoms with Crippen LogP contribution in [0, 0.1) is 23.4 Å². The number of nitrogens with one attached hydrogen (secondary N) is 1. The van der Waals surface area contributed by atoms with E-state index in [1.807, 2.05) is 0 Å². The lowest BCUT2D eigenvalue weighted by molar-refractivity contribution is -0.147. The van der Waals surface area contributed by atoms with Crippen LogP contribution in [0.2, 0.25) is 0 Å². The molecule has 1 aliphatic heterocycles. The lowest BCUT2D eigenvalue weighted by Crippen LogP contribution is -2.53. The van der Waals surface area contributed by atoms with Gasteiger partial charge in [0.2, 0.25) is 11.8 Å². The number of piperidine rings is 1. The highest BCUT2D eigenvalue weighted by Crippen LogP contribution is 2.49. The van der Waals surface area contributed by atoms with Crippen molar-refractivity contribution in [3.05, 3.63) is 59.4 Å². The molecule has 1 unspecified atom stereocenters. The largest absolute Gasteiger partial charge is 0.368 e. The number of rotatable bonds is 4. The standard InChI is InChI=1S/C25H24F3N3O2/c26-16-6-4-13(5-7-16)22-21(18-11-17(27)12-19(28)23(18)30-22)14-9-15(10-14)25(33)31-8-2-1-3-20(31)24(29)32/h4-7,11-12,14-15,20,30H,1-3,8-10H2,(H2,29,32). The fraction of sp³-hybridized carbons (Fsp3) is 0.360. The molecular formula is C25H24F3N3O2. The van der Waals surface area contributed by atoms with Crippen molar-refractivity contribution in [1.29, 1.82) is 0 Å². The molecule has 0 radical (unpaired) electrons. The maximum Gasteiger partial charge on any atom is 0.240 e. The van der Waals surface area contributed by atoms with Crippen LogP contribution in [0.4, 0.5) is 13.2 Å². The Morgan fingerprint density at radius 2 is 1.73 bits per heavy atom. The molecule has 2 amide bonds. The molecule has 1 aliphatic carbocycles. The topological polar surface area (TPSA) is 79.2 Å². The summed E-state index contributed by atoms with van der Waals surface area (Å²) >= 11 is 0. The van der Waals surface area contributed by atoms with Crippen LogP contribution in [-0.2, 0) is 9.59 Å². The first-order chi connectivity index (χ1) is 15.8. The molecule has 2 aromatic carbocycles. The number of aromatic nitrogens is 1. The molecule has 1 aromatic heterocycles. The number of amides is 2. The second kappa shape index (κ2) is 8.24. The minimum absolute atomic E-state index is 0.0877. The number of halogens is 3. The van der Waals surface area contributed by atoms with E-state index in [0.29, 0.717) is 42.5 Å². The molecule has 1 atom stereocenters. The lowest BCUT2D eigenvalue weighted by Gasteiger charge is -2.41. The van der Waals surface area contributed by atoms with E-state index in [1.54, 1.807) is 17.0 Å². The predicted molar refractivity (Wildman–Crippen MR) is 118 cm³/mol. The number of likely N-dealkylation sites (tertiary alicyclic amines) is 1. The summed E-state index contributed by atoms with van der Waals surface area (Å²) in [7, 11) is 0. The smallest absolute Gasteiger partial charge is 0.240 e. The third-order valence-electron chi connectivity index (χ3n) is 7.01. The monoisotopic (exact) mass is 455 g/mol. The number of nitrogens with two attached hydrogens (primary N) is 1. The van der Waals surface area contributed by atoms with Gasteiger partial charge < -0.3 is 15.6 Å². The van der Waals surface area contributed by atoms with E-state index < -0.39 is 29.4 Å². The number of aromatic amines is 1. The molecule has 5 nitrogen and oxygen atoms in total. The Morgan fingerprint density at radius 3 is 2.42 bits per heavy atom. The van der Waals surface area contributed by atoms with Crippen LogP contribution >= 0.6 is 0 Å². The predicted octanol–water partition coefficient (Wildman–Crippen LogP) is 4.61. The molecule has 33 heavy (non-hydrogen) atoms. The minimum atomic E-state index is -0.704. The number of carbonyl (C=O) groups is 2. The van der Waals surface area contributed by atoms with Crippen molar-refractivity contribution >= 4 is 22.7 Å². The molecule has 3 aromatic rings. The average Bonchev–Trinajstić information content (AvgIpc) is 3.12. The van der Waals surface area contributed by atoms with Crippen molar-refractivity contribution in [1.82, 2.24) is 9.88 Å². The van der Waals surface area contributed by atoms with Gasteiger partial charge in [-0.1, -0.05) is 0 Å². The molecule has 1 saturated carbocycles. The van der Waals surface area contributed by atoms with E-state index in [9.17, 15) is 22.8 Å². The maximum atomic E-state index is 14.5. The highest BCUT2D eigenvalue weighted by Gasteiger charge is 2.42. The first kappa shape index (κ1) is 21.6. The normalized spacial score (nSPS) is 22.9. The first-order valence-corrected chi connectivity index (χ1v) is 11.2. The van der Waals surface area contributed by atoms with Crippen molar-refractivity contribution in [2.45, 2.75) is 44.1 Å². The van der Waals surface area contributed by atoms with Crippen LogP contribution < -0.4 is 5.73 Å². The summed E-state index contributed by atoms with van der Waals surface area (Å²) in [6.45, 7) is 0.512. The number of benzene rings is 2. The number of H-pyrrole nitrogens is 1. The number of fused-ring (bicyclic) bond motifs is 1. The number of hydrogen-bond acceptors (Lipinski definition) is 2. The van der Waals surface area contributed by atoms with Gasteiger partial charge in [0.05, 0.1) is 11.2 Å². The van der Waals surface area contributed by atoms with Crippen molar-refractivity contribution in [2.75, 3.05) is 6.54 Å². The average molecular weight is 455 g/mol. The summed E-state index contributed by atoms with van der Waals surface area (Å²) in [6.07, 6.45) is 3.27. The van der Waals surface area contributed by atoms with E-state index in [0.717, 1.165) is 24.5 Å². The summed E-state index contributed by atoms with van der Waals surface area (Å²) in [5, 5.41) is 0.427. The highest BCUT2D eigenvalue weighted by molar-refractivity contribution is 5.93. The van der Waals surface area contributed by atoms with Crippen LogP contribution in [0.5, 0.6) is 0 Å². The number of nitrogens with zero attached hydrogens (tertiary/aromatic N) is 1. The Morgan fingerprint density at radius 1 is 1.00 bits per heavy atom. The third kappa shape index (κ3) is 3.77. The van der Waals surface area contributed by atoms with Gasteiger partial charge in [0, 0.05) is 23.9 Å². The van der Waals surface area contributed by atoms with Crippen molar-refractivity contribution in [2.24, 2.45) is 11.7 Å². The molecular weight excluding hydrogens is 431 g/mol. The quantitative estimate of drug-likeness (QED) is 0.603. The van der Waals surface area contributed by atoms with Gasteiger partial charge in [-0.05, 0) is 79.5 Å². The van der Waals surface area contributed by atoms with Crippen molar-refractivity contribution in [3.8, 4) is 11.3 Å². The molecule has 5 rings (SSSR count). The van der Waals surface area contributed by atoms with Gasteiger partial charge in [-0.15, -0.1) is 0 Å². The van der Waals surface area contributed by atoms with Crippen LogP contribution in [0.25, 0.3) is 22.2 Å². The van der Waals surface area contributed by atoms with E-state index in [2.05, 4.69) is 4.98 Å². The van der Waals surface area contributed by atoms with Gasteiger partial charge in [-0.2, -0.15) is 0 Å². The van der Waals surface area contributed by atoms with Gasteiger partial charge >= 0.3 is 0 Å². The van der Waals surface area contributed by atoms with Crippen LogP contribution in [0.1, 0.15) is 43.6 Å². The molecule has 0 spiro atoms. The van der Waals surface area contributed by atoms with E-state index in [4.69, 9.17) is 5.73 Å². The van der Waals surface area contributed by atoms with Gasteiger partial charge in [0.25, 0.3) is 0 Å². The molecule has 2 aliphatic rings. The molecule has 2 heterocycles. The summed E-state index contributed by atoms with van der Waals surface area (Å²) in [4.78, 5) is 29.6. The van der Waals surface area contributed by atoms with Gasteiger partial charge in [-0.3, -0.25) is 9.59 Å². The number of primary amides is 1. The van der Waals surface area contributed by atoms with Gasteiger partial charge in [0.1, 0.15) is 23.5 Å². The summed E-state index contributed by atoms with van der Waals surface area (Å²) in [6, 6.07) is 7.35. The van der Waals surface area contributed by atoms with Crippen LogP contribution in [0.15, 0.2) is 36.4 Å². The van der Waals surface area contributed by atoms with Crippen LogP contribution in [-0.4, -0.2) is 34.3 Å². The summed E-state index contributed by atoms with van der Waals surface area (Å²) in [5.74, 6) is -2.74. The van der Waals surface area contributed by atoms with Gasteiger partial charge in [0.15, 0.2) is 0 Å². The van der Waals surface area contributed by atoms with Gasteiger partial charge in [-0.25, -0.2) is 13.2 Å². The molecule has 8 heteroatoms. The zero-order chi connectivity index (χ0) is 23.3. The van der Waals surface area contributed by atoms with Crippen molar-refractivity contribution in [3.63, 3.8) is 0 Å². The van der Waals surface area contributed by atoms with E-state index in [-0.39, 0.29) is 23.3 Å². The zero-order valence-corrected chi connectivity index (χ0v) is 17.9. The number of carbonyl (C=O) groups excluding carboxylic acids is 2. The zero-order valence-electron chi connectivity index (χ0n) is 17.9. The molecule has 172 valence electrons. The second-order valence-corrected chi connectivity index (χ2v) is 9.04. The maximum absolute atomic E-state index is 14.5. The first-order valence-electron chi connectivity index (χ1n) is 11.2. The second-order valence-electron chi connectivity index (χ2n) is 9.04. The Labute approximate surface area is 188 Å². The Kier molecular flexibility index (Phi) is 5.38. The fourth-order valence-corrected chi connectivity index (χ4v) is 5.29. The Hall–Kier alpha value is -3.29. The highest BCUT2D eigenvalue weighted by atomic mass is 19.1. The summed E-state index contributed by atoms with van der Waals surface area (Å²) < 4.78 is 42.1. The Bertz CT molecular complexity index is 1230. The summed E-state index contributed by atoms with van der Waals surface area (Å²) in [5.41, 5.74) is 7.67. The lowest BCUT2D eigenvalue weighted by atomic mass is 9.69. The van der Waals surface area contributed by atoms with Crippen molar-refractivity contribution < 1.29 is 22.8 Å². The van der Waals surface area contributed by atoms with E-state index >= 15 is 0 Å². The molecule has 0 bridgehead atoms. The SMILES string of the molecule is NC(=O)C1CCCCN1C(=O)C1CC(c2c(-c3ccc(F)cc3)[nH]c3c(F)cc(F)cc23)C1. The number of hydrogen-bond donors (Lipinski definition) is 2. The minimum Gasteiger partial charge on any atom is -0.368 e. The molecule has 1 saturated heterocycles.